The van der Waals surface area contributed by atoms with Gasteiger partial charge >= 0.3 is 0 Å². The third-order valence-electron chi connectivity index (χ3n) is 1.38. The van der Waals surface area contributed by atoms with Gasteiger partial charge in [0.15, 0.2) is 5.78 Å². The van der Waals surface area contributed by atoms with E-state index >= 15 is 0 Å². The van der Waals surface area contributed by atoms with E-state index in [1.54, 1.807) is 17.1 Å². The largest absolute Gasteiger partial charge is 0.335 e. The van der Waals surface area contributed by atoms with E-state index in [0.717, 1.165) is 0 Å². The number of rotatable bonds is 3. The molecule has 11 heavy (non-hydrogen) atoms. The zero-order valence-electron chi connectivity index (χ0n) is 6.45. The first-order valence-electron chi connectivity index (χ1n) is 3.47. The molecule has 2 N–H and O–H groups in total. The molecule has 0 fully saturated rings. The van der Waals surface area contributed by atoms with Crippen molar-refractivity contribution in [3.63, 3.8) is 0 Å². The fraction of sp³-hybridized carbons (Fsp3) is 0.429. The van der Waals surface area contributed by atoms with E-state index in [2.05, 4.69) is 4.98 Å². The Morgan fingerprint density at radius 3 is 3.00 bits per heavy atom. The van der Waals surface area contributed by atoms with Gasteiger partial charge < -0.3 is 10.3 Å². The van der Waals surface area contributed by atoms with Crippen molar-refractivity contribution >= 4 is 5.78 Å². The van der Waals surface area contributed by atoms with Crippen molar-refractivity contribution < 1.29 is 4.79 Å². The molecule has 0 saturated carbocycles. The van der Waals surface area contributed by atoms with Gasteiger partial charge in [-0.05, 0) is 0 Å². The molecule has 0 aliphatic heterocycles. The van der Waals surface area contributed by atoms with Gasteiger partial charge in [-0.25, -0.2) is 4.98 Å². The molecule has 0 spiro atoms. The number of ketones is 1. The van der Waals surface area contributed by atoms with Gasteiger partial charge in [-0.1, -0.05) is 0 Å². The Hall–Kier alpha value is -1.16. The molecule has 0 aromatic carbocycles. The van der Waals surface area contributed by atoms with Gasteiger partial charge in [-0.3, -0.25) is 4.79 Å². The Morgan fingerprint density at radius 2 is 2.55 bits per heavy atom. The van der Waals surface area contributed by atoms with Crippen molar-refractivity contribution in [3.05, 3.63) is 18.2 Å². The average Bonchev–Trinajstić information content (AvgIpc) is 2.37. The van der Waals surface area contributed by atoms with E-state index in [4.69, 9.17) is 5.73 Å². The van der Waals surface area contributed by atoms with Crippen LogP contribution < -0.4 is 5.73 Å². The lowest BCUT2D eigenvalue weighted by atomic mass is 10.3. The van der Waals surface area contributed by atoms with Gasteiger partial charge in [-0.15, -0.1) is 0 Å². The number of nitrogens with zero attached hydrogens (tertiary/aromatic N) is 2. The molecule has 0 aliphatic carbocycles. The molecule has 0 atom stereocenters. The SMILES string of the molecule is CC(=O)c1cn(CCN)cn1. The maximum absolute atomic E-state index is 10.8. The maximum atomic E-state index is 10.8. The van der Waals surface area contributed by atoms with Gasteiger partial charge in [0.2, 0.25) is 0 Å². The summed E-state index contributed by atoms with van der Waals surface area (Å²) in [6.45, 7) is 2.77. The molecule has 0 radical (unpaired) electrons. The lowest BCUT2D eigenvalue weighted by molar-refractivity contribution is 0.101. The van der Waals surface area contributed by atoms with Crippen molar-refractivity contribution in [2.75, 3.05) is 6.54 Å². The maximum Gasteiger partial charge on any atom is 0.179 e. The van der Waals surface area contributed by atoms with Crippen LogP contribution in [0.1, 0.15) is 17.4 Å². The molecule has 1 rings (SSSR count). The third-order valence-corrected chi connectivity index (χ3v) is 1.38. The molecular formula is C7H11N3O. The number of aromatic nitrogens is 2. The van der Waals surface area contributed by atoms with Crippen LogP contribution in [0, 0.1) is 0 Å². The standard InChI is InChI=1S/C7H11N3O/c1-6(11)7-4-10(3-2-8)5-9-7/h4-5H,2-3,8H2,1H3. The first-order chi connectivity index (χ1) is 5.24. The highest BCUT2D eigenvalue weighted by Crippen LogP contribution is 1.95. The summed E-state index contributed by atoms with van der Waals surface area (Å²) in [4.78, 5) is 14.6. The minimum absolute atomic E-state index is 0.0132. The average molecular weight is 153 g/mol. The van der Waals surface area contributed by atoms with Gasteiger partial charge in [0.05, 0.1) is 6.33 Å². The summed E-state index contributed by atoms with van der Waals surface area (Å²) in [7, 11) is 0. The minimum Gasteiger partial charge on any atom is -0.335 e. The van der Waals surface area contributed by atoms with Gasteiger partial charge in [-0.2, -0.15) is 0 Å². The van der Waals surface area contributed by atoms with Crippen molar-refractivity contribution in [1.82, 2.24) is 9.55 Å². The van der Waals surface area contributed by atoms with E-state index in [9.17, 15) is 4.79 Å². The van der Waals surface area contributed by atoms with Crippen LogP contribution in [0.15, 0.2) is 12.5 Å². The lowest BCUT2D eigenvalue weighted by Gasteiger charge is -1.94. The second-order valence-electron chi connectivity index (χ2n) is 2.34. The van der Waals surface area contributed by atoms with Crippen LogP contribution in [0.2, 0.25) is 0 Å². The predicted octanol–water partition coefficient (Wildman–Crippen LogP) is 0.0444. The van der Waals surface area contributed by atoms with E-state index in [1.807, 2.05) is 0 Å². The van der Waals surface area contributed by atoms with Crippen molar-refractivity contribution in [3.8, 4) is 0 Å². The summed E-state index contributed by atoms with van der Waals surface area (Å²) in [5.41, 5.74) is 5.81. The smallest absolute Gasteiger partial charge is 0.179 e. The second kappa shape index (κ2) is 3.30. The van der Waals surface area contributed by atoms with Crippen molar-refractivity contribution in [2.45, 2.75) is 13.5 Å². The number of hydrogen-bond donors (Lipinski definition) is 1. The number of carbonyl (C=O) groups is 1. The van der Waals surface area contributed by atoms with Crippen molar-refractivity contribution in [2.24, 2.45) is 5.73 Å². The molecule has 0 unspecified atom stereocenters. The zero-order valence-corrected chi connectivity index (χ0v) is 6.45. The molecule has 1 heterocycles. The third kappa shape index (κ3) is 1.88. The summed E-state index contributed by atoms with van der Waals surface area (Å²) in [5.74, 6) is -0.0132. The van der Waals surface area contributed by atoms with Crippen LogP contribution in [0.5, 0.6) is 0 Å². The summed E-state index contributed by atoms with van der Waals surface area (Å²) >= 11 is 0. The minimum atomic E-state index is -0.0132. The van der Waals surface area contributed by atoms with Crippen LogP contribution in [0.4, 0.5) is 0 Å². The summed E-state index contributed by atoms with van der Waals surface area (Å²) in [6.07, 6.45) is 3.32. The normalized spacial score (nSPS) is 10.0. The highest BCUT2D eigenvalue weighted by Gasteiger charge is 2.01. The lowest BCUT2D eigenvalue weighted by Crippen LogP contribution is -2.07. The number of imidazole rings is 1. The molecule has 1 aromatic heterocycles. The van der Waals surface area contributed by atoms with E-state index in [1.165, 1.54) is 6.92 Å². The molecular weight excluding hydrogens is 142 g/mol. The molecule has 1 aromatic rings. The molecule has 0 aliphatic rings. The highest BCUT2D eigenvalue weighted by molar-refractivity contribution is 5.91. The molecule has 4 heteroatoms. The Labute approximate surface area is 65.0 Å². The fourth-order valence-corrected chi connectivity index (χ4v) is 0.813. The summed E-state index contributed by atoms with van der Waals surface area (Å²) in [5, 5.41) is 0. The van der Waals surface area contributed by atoms with Crippen LogP contribution in [0.25, 0.3) is 0 Å². The molecule has 60 valence electrons. The summed E-state index contributed by atoms with van der Waals surface area (Å²) < 4.78 is 1.80. The number of carbonyl (C=O) groups excluding carboxylic acids is 1. The van der Waals surface area contributed by atoms with E-state index in [-0.39, 0.29) is 5.78 Å². The number of hydrogen-bond acceptors (Lipinski definition) is 3. The van der Waals surface area contributed by atoms with Gasteiger partial charge in [0.25, 0.3) is 0 Å². The number of nitrogens with two attached hydrogens (primary N) is 1. The monoisotopic (exact) mass is 153 g/mol. The van der Waals surface area contributed by atoms with Crippen LogP contribution in [-0.2, 0) is 6.54 Å². The highest BCUT2D eigenvalue weighted by atomic mass is 16.1. The zero-order chi connectivity index (χ0) is 8.27. The van der Waals surface area contributed by atoms with Crippen LogP contribution >= 0.6 is 0 Å². The van der Waals surface area contributed by atoms with Gasteiger partial charge in [0, 0.05) is 26.2 Å². The van der Waals surface area contributed by atoms with Crippen LogP contribution in [-0.4, -0.2) is 21.9 Å². The second-order valence-corrected chi connectivity index (χ2v) is 2.34. The van der Waals surface area contributed by atoms with E-state index < -0.39 is 0 Å². The fourth-order valence-electron chi connectivity index (χ4n) is 0.813. The topological polar surface area (TPSA) is 60.9 Å². The molecule has 0 bridgehead atoms. The Bertz CT molecular complexity index is 254. The van der Waals surface area contributed by atoms with Crippen molar-refractivity contribution in [1.29, 1.82) is 0 Å². The number of Topliss-reactive ketones (excluding diaryl/α,β-unsaturated/α-hetero) is 1. The Morgan fingerprint density at radius 1 is 1.82 bits per heavy atom. The van der Waals surface area contributed by atoms with Gasteiger partial charge in [0.1, 0.15) is 5.69 Å². The Balaban J connectivity index is 2.73. The molecule has 4 nitrogen and oxygen atoms in total. The van der Waals surface area contributed by atoms with E-state index in [0.29, 0.717) is 18.8 Å². The summed E-state index contributed by atoms with van der Waals surface area (Å²) in [6, 6.07) is 0. The molecule has 0 amide bonds. The molecule has 0 saturated heterocycles. The quantitative estimate of drug-likeness (QED) is 0.624. The predicted molar refractivity (Wildman–Crippen MR) is 41.3 cm³/mol. The first kappa shape index (κ1) is 7.94. The van der Waals surface area contributed by atoms with Crippen LogP contribution in [0.3, 0.4) is 0 Å². The Kier molecular flexibility index (Phi) is 2.38. The first-order valence-corrected chi connectivity index (χ1v) is 3.47.